The number of hydrogen-bond acceptors (Lipinski definition) is 6. The largest absolute Gasteiger partial charge is 0.423 e. The van der Waals surface area contributed by atoms with Gasteiger partial charge in [-0.15, -0.1) is 0 Å². The van der Waals surface area contributed by atoms with Crippen molar-refractivity contribution >= 4 is 23.0 Å². The Morgan fingerprint density at radius 3 is 2.69 bits per heavy atom. The second-order valence-corrected chi connectivity index (χ2v) is 6.89. The summed E-state index contributed by atoms with van der Waals surface area (Å²) in [6.45, 7) is 2.61. The average Bonchev–Trinajstić information content (AvgIpc) is 3.32. The van der Waals surface area contributed by atoms with Crippen molar-refractivity contribution in [3.05, 3.63) is 41.3 Å². The summed E-state index contributed by atoms with van der Waals surface area (Å²) in [5.41, 5.74) is 3.62. The minimum atomic E-state index is -0.0436. The fraction of sp³-hybridized carbons (Fsp3) is 0.421. The van der Waals surface area contributed by atoms with Gasteiger partial charge in [-0.05, 0) is 37.8 Å². The molecule has 0 N–H and O–H groups in total. The number of nitrogens with zero attached hydrogens (tertiary/aromatic N) is 4. The molecule has 134 valence electrons. The highest BCUT2D eigenvalue weighted by atomic mass is 16.5. The molecule has 2 aromatic heterocycles. The predicted molar refractivity (Wildman–Crippen MR) is 95.3 cm³/mol. The fourth-order valence-corrected chi connectivity index (χ4v) is 3.80. The molecule has 1 saturated heterocycles. The molecular weight excluding hydrogens is 332 g/mol. The zero-order valence-corrected chi connectivity index (χ0v) is 14.5. The van der Waals surface area contributed by atoms with Gasteiger partial charge in [0.1, 0.15) is 5.52 Å². The lowest BCUT2D eigenvalue weighted by molar-refractivity contribution is 0.0701. The predicted octanol–water partition coefficient (Wildman–Crippen LogP) is 2.66. The van der Waals surface area contributed by atoms with Crippen LogP contribution in [0.2, 0.25) is 0 Å². The topological polar surface area (TPSA) is 75.6 Å². The number of aromatic nitrogens is 2. The summed E-state index contributed by atoms with van der Waals surface area (Å²) < 4.78 is 11.2. The van der Waals surface area contributed by atoms with E-state index in [1.807, 2.05) is 29.2 Å². The molecule has 26 heavy (non-hydrogen) atoms. The number of para-hydroxylation sites is 2. The molecule has 0 radical (unpaired) electrons. The van der Waals surface area contributed by atoms with Crippen LogP contribution in [0.3, 0.4) is 0 Å². The van der Waals surface area contributed by atoms with Gasteiger partial charge < -0.3 is 18.7 Å². The smallest absolute Gasteiger partial charge is 0.298 e. The number of carbonyl (C=O) groups is 1. The molecule has 0 atom stereocenters. The molecule has 5 rings (SSSR count). The lowest BCUT2D eigenvalue weighted by atomic mass is 9.96. The molecular formula is C19H20N4O3. The molecule has 1 aliphatic carbocycles. The first-order chi connectivity index (χ1) is 12.8. The lowest BCUT2D eigenvalue weighted by Gasteiger charge is -2.33. The number of fused-ring (bicyclic) bond motifs is 2. The molecule has 1 aliphatic heterocycles. The fourth-order valence-electron chi connectivity index (χ4n) is 3.80. The Morgan fingerprint density at radius 2 is 1.85 bits per heavy atom. The summed E-state index contributed by atoms with van der Waals surface area (Å²) in [7, 11) is 0. The van der Waals surface area contributed by atoms with E-state index in [1.165, 1.54) is 0 Å². The normalized spacial score (nSPS) is 17.5. The van der Waals surface area contributed by atoms with Crippen molar-refractivity contribution in [2.24, 2.45) is 0 Å². The van der Waals surface area contributed by atoms with Crippen molar-refractivity contribution in [3.8, 4) is 0 Å². The maximum absolute atomic E-state index is 12.9. The second kappa shape index (κ2) is 6.16. The number of carbonyl (C=O) groups excluding carboxylic acids is 1. The first kappa shape index (κ1) is 15.4. The van der Waals surface area contributed by atoms with E-state index >= 15 is 0 Å². The SMILES string of the molecule is O=C(c1onc2c1CCCC2)N1CCN(c2nc3ccccc3o2)CC1. The van der Waals surface area contributed by atoms with Crippen LogP contribution in [0.25, 0.3) is 11.1 Å². The standard InChI is InChI=1S/C19H20N4O3/c24-18(17-13-5-1-2-6-14(13)21-26-17)22-9-11-23(12-10-22)19-20-15-7-3-4-8-16(15)25-19/h3-4,7-8H,1-2,5-6,9-12H2. The summed E-state index contributed by atoms with van der Waals surface area (Å²) >= 11 is 0. The number of amides is 1. The van der Waals surface area contributed by atoms with E-state index in [0.29, 0.717) is 38.0 Å². The average molecular weight is 352 g/mol. The van der Waals surface area contributed by atoms with Crippen molar-refractivity contribution in [3.63, 3.8) is 0 Å². The van der Waals surface area contributed by atoms with Crippen LogP contribution >= 0.6 is 0 Å². The molecule has 3 heterocycles. The van der Waals surface area contributed by atoms with Crippen LogP contribution in [0.15, 0.2) is 33.2 Å². The molecule has 1 amide bonds. The minimum absolute atomic E-state index is 0.0436. The minimum Gasteiger partial charge on any atom is -0.423 e. The highest BCUT2D eigenvalue weighted by Gasteiger charge is 2.30. The van der Waals surface area contributed by atoms with Crippen LogP contribution in [0.5, 0.6) is 0 Å². The summed E-state index contributed by atoms with van der Waals surface area (Å²) in [6.07, 6.45) is 4.02. The maximum Gasteiger partial charge on any atom is 0.298 e. The van der Waals surface area contributed by atoms with E-state index in [0.717, 1.165) is 48.0 Å². The van der Waals surface area contributed by atoms with Gasteiger partial charge in [-0.2, -0.15) is 4.98 Å². The third-order valence-electron chi connectivity index (χ3n) is 5.27. The van der Waals surface area contributed by atoms with Gasteiger partial charge in [-0.25, -0.2) is 0 Å². The zero-order valence-electron chi connectivity index (χ0n) is 14.5. The van der Waals surface area contributed by atoms with Gasteiger partial charge in [-0.1, -0.05) is 17.3 Å². The molecule has 1 aromatic carbocycles. The Kier molecular flexibility index (Phi) is 3.65. The van der Waals surface area contributed by atoms with Crippen LogP contribution in [-0.4, -0.2) is 47.1 Å². The Labute approximate surface area is 150 Å². The highest BCUT2D eigenvalue weighted by Crippen LogP contribution is 2.26. The van der Waals surface area contributed by atoms with Gasteiger partial charge in [0.2, 0.25) is 5.76 Å². The van der Waals surface area contributed by atoms with Crippen molar-refractivity contribution in [2.75, 3.05) is 31.1 Å². The van der Waals surface area contributed by atoms with Crippen LogP contribution in [0.1, 0.15) is 34.7 Å². The van der Waals surface area contributed by atoms with E-state index in [1.54, 1.807) is 0 Å². The third-order valence-corrected chi connectivity index (χ3v) is 5.27. The Morgan fingerprint density at radius 1 is 1.04 bits per heavy atom. The quantitative estimate of drug-likeness (QED) is 0.706. The van der Waals surface area contributed by atoms with E-state index < -0.39 is 0 Å². The lowest BCUT2D eigenvalue weighted by Crippen LogP contribution is -2.49. The number of anilines is 1. The molecule has 3 aromatic rings. The molecule has 7 heteroatoms. The van der Waals surface area contributed by atoms with E-state index in [4.69, 9.17) is 8.94 Å². The monoisotopic (exact) mass is 352 g/mol. The van der Waals surface area contributed by atoms with Gasteiger partial charge in [-0.3, -0.25) is 4.79 Å². The van der Waals surface area contributed by atoms with Gasteiger partial charge in [0.15, 0.2) is 5.58 Å². The molecule has 1 fully saturated rings. The Balaban J connectivity index is 1.29. The first-order valence-corrected chi connectivity index (χ1v) is 9.17. The summed E-state index contributed by atoms with van der Waals surface area (Å²) in [4.78, 5) is 21.3. The molecule has 7 nitrogen and oxygen atoms in total. The molecule has 0 bridgehead atoms. The summed E-state index contributed by atoms with van der Waals surface area (Å²) in [5.74, 6) is 0.396. The number of benzene rings is 1. The number of oxazole rings is 1. The summed E-state index contributed by atoms with van der Waals surface area (Å²) in [6, 6.07) is 8.36. The van der Waals surface area contributed by atoms with Crippen LogP contribution in [-0.2, 0) is 12.8 Å². The first-order valence-electron chi connectivity index (χ1n) is 9.17. The van der Waals surface area contributed by atoms with E-state index in [2.05, 4.69) is 15.0 Å². The zero-order chi connectivity index (χ0) is 17.5. The van der Waals surface area contributed by atoms with Crippen molar-refractivity contribution in [1.82, 2.24) is 15.0 Å². The molecule has 0 saturated carbocycles. The number of piperazine rings is 1. The van der Waals surface area contributed by atoms with Crippen LogP contribution < -0.4 is 4.90 Å². The molecule has 0 spiro atoms. The second-order valence-electron chi connectivity index (χ2n) is 6.89. The maximum atomic E-state index is 12.9. The number of hydrogen-bond donors (Lipinski definition) is 0. The van der Waals surface area contributed by atoms with Crippen LogP contribution in [0, 0.1) is 0 Å². The Hall–Kier alpha value is -2.83. The third kappa shape index (κ3) is 2.55. The molecule has 2 aliphatic rings. The van der Waals surface area contributed by atoms with E-state index in [-0.39, 0.29) is 5.91 Å². The van der Waals surface area contributed by atoms with Crippen molar-refractivity contribution in [2.45, 2.75) is 25.7 Å². The number of rotatable bonds is 2. The van der Waals surface area contributed by atoms with Gasteiger partial charge in [0, 0.05) is 31.7 Å². The summed E-state index contributed by atoms with van der Waals surface area (Å²) in [5, 5.41) is 4.10. The van der Waals surface area contributed by atoms with Gasteiger partial charge in [0.05, 0.1) is 5.69 Å². The van der Waals surface area contributed by atoms with Gasteiger partial charge >= 0.3 is 0 Å². The van der Waals surface area contributed by atoms with Crippen molar-refractivity contribution < 1.29 is 13.7 Å². The Bertz CT molecular complexity index is 920. The number of aryl methyl sites for hydroxylation is 1. The van der Waals surface area contributed by atoms with Crippen LogP contribution in [0.4, 0.5) is 6.01 Å². The molecule has 0 unspecified atom stereocenters. The van der Waals surface area contributed by atoms with Gasteiger partial charge in [0.25, 0.3) is 11.9 Å². The van der Waals surface area contributed by atoms with E-state index in [9.17, 15) is 4.79 Å². The van der Waals surface area contributed by atoms with Crippen molar-refractivity contribution in [1.29, 1.82) is 0 Å². The highest BCUT2D eigenvalue weighted by molar-refractivity contribution is 5.93.